The summed E-state index contributed by atoms with van der Waals surface area (Å²) >= 11 is 12.3. The Bertz CT molecular complexity index is 1210. The van der Waals surface area contributed by atoms with Crippen LogP contribution in [0.1, 0.15) is 11.6 Å². The molecule has 1 aliphatic rings. The Balaban J connectivity index is 1.45. The first-order chi connectivity index (χ1) is 14.1. The van der Waals surface area contributed by atoms with E-state index < -0.39 is 5.38 Å². The van der Waals surface area contributed by atoms with Crippen LogP contribution in [0, 0.1) is 0 Å². The summed E-state index contributed by atoms with van der Waals surface area (Å²) in [5, 5.41) is 1.07. The van der Waals surface area contributed by atoms with E-state index in [2.05, 4.69) is 9.97 Å². The quantitative estimate of drug-likeness (QED) is 0.318. The molecule has 6 heteroatoms. The molecule has 1 saturated heterocycles. The van der Waals surface area contributed by atoms with E-state index in [1.165, 1.54) is 0 Å². The highest BCUT2D eigenvalue weighted by Gasteiger charge is 2.47. The van der Waals surface area contributed by atoms with E-state index in [4.69, 9.17) is 23.2 Å². The van der Waals surface area contributed by atoms with Crippen molar-refractivity contribution in [3.63, 3.8) is 0 Å². The summed E-state index contributed by atoms with van der Waals surface area (Å²) in [6.07, 6.45) is 1.73. The van der Waals surface area contributed by atoms with Crippen molar-refractivity contribution >= 4 is 45.8 Å². The fourth-order valence-electron chi connectivity index (χ4n) is 3.63. The first-order valence-corrected chi connectivity index (χ1v) is 9.98. The maximum atomic E-state index is 12.5. The van der Waals surface area contributed by atoms with Crippen LogP contribution in [0.2, 0.25) is 5.02 Å². The third-order valence-electron chi connectivity index (χ3n) is 5.15. The number of hydrogen-bond donors (Lipinski definition) is 0. The molecule has 142 valence electrons. The summed E-state index contributed by atoms with van der Waals surface area (Å²) in [6, 6.07) is 22.8. The number of aromatic nitrogens is 2. The molecule has 4 aromatic rings. The highest BCUT2D eigenvalue weighted by Crippen LogP contribution is 2.42. The Morgan fingerprint density at radius 2 is 1.66 bits per heavy atom. The van der Waals surface area contributed by atoms with E-state index >= 15 is 0 Å². The van der Waals surface area contributed by atoms with Crippen LogP contribution in [0.3, 0.4) is 0 Å². The van der Waals surface area contributed by atoms with Gasteiger partial charge in [0.2, 0.25) is 5.91 Å². The number of β-lactam (4-membered cyclic amide) rings is 1. The normalized spacial score (nSPS) is 18.7. The molecule has 2 aromatic carbocycles. The van der Waals surface area contributed by atoms with Crippen LogP contribution in [-0.2, 0) is 4.79 Å². The highest BCUT2D eigenvalue weighted by molar-refractivity contribution is 6.37. The number of alkyl halides is 1. The van der Waals surface area contributed by atoms with Gasteiger partial charge in [-0.2, -0.15) is 0 Å². The number of carbonyl (C=O) groups is 1. The summed E-state index contributed by atoms with van der Waals surface area (Å²) in [4.78, 5) is 23.1. The first-order valence-electron chi connectivity index (χ1n) is 9.17. The fraction of sp³-hybridized carbons (Fsp3) is 0.0870. The van der Waals surface area contributed by atoms with Crippen molar-refractivity contribution < 1.29 is 4.79 Å². The average molecular weight is 420 g/mol. The van der Waals surface area contributed by atoms with E-state index in [0.29, 0.717) is 10.7 Å². The van der Waals surface area contributed by atoms with Gasteiger partial charge in [0, 0.05) is 27.9 Å². The third-order valence-corrected chi connectivity index (χ3v) is 5.82. The van der Waals surface area contributed by atoms with Crippen molar-refractivity contribution in [1.29, 1.82) is 0 Å². The van der Waals surface area contributed by atoms with Crippen molar-refractivity contribution in [3.8, 4) is 11.3 Å². The predicted molar refractivity (Wildman–Crippen MR) is 116 cm³/mol. The number of hydrogen-bond acceptors (Lipinski definition) is 3. The number of fused-ring (bicyclic) bond motifs is 1. The maximum Gasteiger partial charge on any atom is 0.248 e. The lowest BCUT2D eigenvalue weighted by Gasteiger charge is -2.44. The Labute approximate surface area is 177 Å². The predicted octanol–water partition coefficient (Wildman–Crippen LogP) is 5.65. The van der Waals surface area contributed by atoms with Crippen molar-refractivity contribution in [2.75, 3.05) is 4.90 Å². The smallest absolute Gasteiger partial charge is 0.248 e. The SMILES string of the molecule is O=C1C(Cl)C(c2ccc(Cl)cc2)N1c1ccc(-c2ccc3cccnc3n2)cc1. The van der Waals surface area contributed by atoms with Crippen molar-refractivity contribution in [2.45, 2.75) is 11.4 Å². The zero-order chi connectivity index (χ0) is 20.0. The molecule has 0 saturated carbocycles. The Kier molecular flexibility index (Phi) is 4.46. The molecule has 1 amide bonds. The van der Waals surface area contributed by atoms with Crippen molar-refractivity contribution in [3.05, 3.63) is 89.6 Å². The summed E-state index contributed by atoms with van der Waals surface area (Å²) in [5.74, 6) is -0.104. The van der Waals surface area contributed by atoms with Crippen LogP contribution in [0.5, 0.6) is 0 Å². The zero-order valence-electron chi connectivity index (χ0n) is 15.2. The zero-order valence-corrected chi connectivity index (χ0v) is 16.7. The molecule has 1 aliphatic heterocycles. The number of anilines is 1. The molecular weight excluding hydrogens is 405 g/mol. The lowest BCUT2D eigenvalue weighted by Crippen LogP contribution is -2.56. The second-order valence-electron chi connectivity index (χ2n) is 6.90. The molecule has 2 aromatic heterocycles. The number of amides is 1. The van der Waals surface area contributed by atoms with Crippen LogP contribution < -0.4 is 4.90 Å². The van der Waals surface area contributed by atoms with Gasteiger partial charge in [-0.25, -0.2) is 9.97 Å². The fourth-order valence-corrected chi connectivity index (χ4v) is 4.12. The number of halogens is 2. The van der Waals surface area contributed by atoms with E-state index in [9.17, 15) is 4.79 Å². The van der Waals surface area contributed by atoms with Gasteiger partial charge in [-0.15, -0.1) is 11.6 Å². The second kappa shape index (κ2) is 7.14. The van der Waals surface area contributed by atoms with Gasteiger partial charge in [0.1, 0.15) is 5.38 Å². The van der Waals surface area contributed by atoms with Crippen LogP contribution in [0.4, 0.5) is 5.69 Å². The summed E-state index contributed by atoms with van der Waals surface area (Å²) < 4.78 is 0. The van der Waals surface area contributed by atoms with E-state index in [-0.39, 0.29) is 11.9 Å². The number of benzene rings is 2. The topological polar surface area (TPSA) is 46.1 Å². The molecule has 4 nitrogen and oxygen atoms in total. The van der Waals surface area contributed by atoms with Crippen LogP contribution in [0.15, 0.2) is 79.0 Å². The Hall–Kier alpha value is -2.95. The lowest BCUT2D eigenvalue weighted by molar-refractivity contribution is -0.123. The Morgan fingerprint density at radius 1 is 0.897 bits per heavy atom. The van der Waals surface area contributed by atoms with Gasteiger partial charge in [0.15, 0.2) is 5.65 Å². The molecule has 1 fully saturated rings. The summed E-state index contributed by atoms with van der Waals surface area (Å²) in [5.41, 5.74) is 4.26. The van der Waals surface area contributed by atoms with Crippen molar-refractivity contribution in [1.82, 2.24) is 9.97 Å². The van der Waals surface area contributed by atoms with Gasteiger partial charge in [-0.05, 0) is 54.1 Å². The van der Waals surface area contributed by atoms with Gasteiger partial charge in [0.25, 0.3) is 0 Å². The number of rotatable bonds is 3. The van der Waals surface area contributed by atoms with Crippen LogP contribution in [0.25, 0.3) is 22.3 Å². The standard InChI is InChI=1S/C23H15Cl2N3O/c24-17-8-3-15(4-9-17)21-20(25)23(29)28(21)18-10-5-14(6-11-18)19-12-7-16-2-1-13-26-22(16)27-19/h1-13,20-21H. The lowest BCUT2D eigenvalue weighted by atomic mass is 9.92. The molecule has 0 radical (unpaired) electrons. The molecule has 2 atom stereocenters. The average Bonchev–Trinajstić information content (AvgIpc) is 2.77. The molecule has 0 spiro atoms. The molecule has 0 N–H and O–H groups in total. The highest BCUT2D eigenvalue weighted by atomic mass is 35.5. The molecule has 29 heavy (non-hydrogen) atoms. The van der Waals surface area contributed by atoms with E-state index in [1.807, 2.05) is 72.8 Å². The van der Waals surface area contributed by atoms with Gasteiger partial charge in [0.05, 0.1) is 11.7 Å². The molecule has 3 heterocycles. The molecule has 2 unspecified atom stereocenters. The minimum atomic E-state index is -0.580. The largest absolute Gasteiger partial charge is 0.302 e. The van der Waals surface area contributed by atoms with Gasteiger partial charge in [-0.1, -0.05) is 35.9 Å². The minimum Gasteiger partial charge on any atom is -0.302 e. The van der Waals surface area contributed by atoms with Gasteiger partial charge >= 0.3 is 0 Å². The molecule has 5 rings (SSSR count). The Morgan fingerprint density at radius 3 is 2.41 bits per heavy atom. The van der Waals surface area contributed by atoms with Gasteiger partial charge in [-0.3, -0.25) is 4.79 Å². The monoisotopic (exact) mass is 419 g/mol. The van der Waals surface area contributed by atoms with Gasteiger partial charge < -0.3 is 4.90 Å². The molecule has 0 aliphatic carbocycles. The van der Waals surface area contributed by atoms with E-state index in [0.717, 1.165) is 27.9 Å². The van der Waals surface area contributed by atoms with E-state index in [1.54, 1.807) is 11.1 Å². The second-order valence-corrected chi connectivity index (χ2v) is 7.81. The number of pyridine rings is 2. The third kappa shape index (κ3) is 3.15. The van der Waals surface area contributed by atoms with Crippen LogP contribution in [-0.4, -0.2) is 21.3 Å². The minimum absolute atomic E-state index is 0.104. The van der Waals surface area contributed by atoms with Crippen molar-refractivity contribution in [2.24, 2.45) is 0 Å². The summed E-state index contributed by atoms with van der Waals surface area (Å²) in [7, 11) is 0. The van der Waals surface area contributed by atoms with Crippen LogP contribution >= 0.6 is 23.2 Å². The number of nitrogens with zero attached hydrogens (tertiary/aromatic N) is 3. The summed E-state index contributed by atoms with van der Waals surface area (Å²) in [6.45, 7) is 0. The molecular formula is C23H15Cl2N3O. The maximum absolute atomic E-state index is 12.5. The first kappa shape index (κ1) is 18.1. The molecule has 0 bridgehead atoms. The number of carbonyl (C=O) groups excluding carboxylic acids is 1.